The minimum absolute atomic E-state index is 0.806. The summed E-state index contributed by atoms with van der Waals surface area (Å²) < 4.78 is 0. The highest BCUT2D eigenvalue weighted by Crippen LogP contribution is 2.32. The van der Waals surface area contributed by atoms with Crippen molar-refractivity contribution in [2.75, 3.05) is 0 Å². The lowest BCUT2D eigenvalue weighted by molar-refractivity contribution is 1.08. The molecule has 0 saturated heterocycles. The monoisotopic (exact) mass is 86.0 g/mol. The van der Waals surface area contributed by atoms with Crippen LogP contribution in [-0.4, -0.2) is 0 Å². The van der Waals surface area contributed by atoms with Crippen molar-refractivity contribution in [1.82, 2.24) is 0 Å². The van der Waals surface area contributed by atoms with Crippen LogP contribution in [0.4, 0.5) is 0 Å². The maximum Gasteiger partial charge on any atom is -0.000791 e. The zero-order chi connectivity index (χ0) is 3.86. The van der Waals surface area contributed by atoms with E-state index in [1.54, 1.807) is 0 Å². The van der Waals surface area contributed by atoms with Gasteiger partial charge in [-0.25, -0.2) is 0 Å². The maximum atomic E-state index is 2.67. The van der Waals surface area contributed by atoms with Crippen molar-refractivity contribution < 1.29 is 0 Å². The van der Waals surface area contributed by atoms with E-state index < -0.39 is 0 Å². The minimum atomic E-state index is 0.806. The van der Waals surface area contributed by atoms with E-state index in [4.69, 9.17) is 0 Å². The number of hydrogen-bond donors (Lipinski definition) is 0. The van der Waals surface area contributed by atoms with Crippen molar-refractivity contribution in [1.29, 1.82) is 0 Å². The molecular weight excluding hydrogens is 79.0 g/mol. The van der Waals surface area contributed by atoms with Gasteiger partial charge in [0.05, 0.1) is 0 Å². The molecule has 2 atom stereocenters. The lowest BCUT2D eigenvalue weighted by Crippen LogP contribution is -1.53. The van der Waals surface area contributed by atoms with Gasteiger partial charge in [0.1, 0.15) is 0 Å². The van der Waals surface area contributed by atoms with Crippen molar-refractivity contribution in [2.24, 2.45) is 5.92 Å². The smallest absolute Gasteiger partial charge is 0.000791 e. The molecule has 0 aromatic carbocycles. The SMILES string of the molecule is C[C@H]1C=C1P. The lowest BCUT2D eigenvalue weighted by Gasteiger charge is -1.69. The van der Waals surface area contributed by atoms with Crippen LogP contribution in [0.3, 0.4) is 0 Å². The first-order chi connectivity index (χ1) is 2.30. The zero-order valence-electron chi connectivity index (χ0n) is 3.23. The van der Waals surface area contributed by atoms with E-state index in [9.17, 15) is 0 Å². The van der Waals surface area contributed by atoms with Crippen molar-refractivity contribution >= 4 is 9.24 Å². The van der Waals surface area contributed by atoms with Crippen LogP contribution in [0.5, 0.6) is 0 Å². The fourth-order valence-electron chi connectivity index (χ4n) is 0.241. The fraction of sp³-hybridized carbons (Fsp3) is 0.500. The van der Waals surface area contributed by atoms with Gasteiger partial charge in [0.25, 0.3) is 0 Å². The molecule has 0 spiro atoms. The predicted octanol–water partition coefficient (Wildman–Crippen LogP) is 1.40. The van der Waals surface area contributed by atoms with Gasteiger partial charge in [0.2, 0.25) is 0 Å². The quantitative estimate of drug-likeness (QED) is 0.391. The van der Waals surface area contributed by atoms with Crippen LogP contribution in [0.1, 0.15) is 6.92 Å². The largest absolute Gasteiger partial charge is 0.110 e. The van der Waals surface area contributed by atoms with E-state index in [1.807, 2.05) is 0 Å². The highest BCUT2D eigenvalue weighted by molar-refractivity contribution is 7.23. The summed E-state index contributed by atoms with van der Waals surface area (Å²) >= 11 is 0. The highest BCUT2D eigenvalue weighted by atomic mass is 31.0. The topological polar surface area (TPSA) is 0 Å². The standard InChI is InChI=1S/C4H7P/c1-3-2-4(3)5/h2-3H,5H2,1H3/t3-/m0/s1. The first-order valence-corrected chi connectivity index (χ1v) is 2.35. The normalized spacial score (nSPS) is 33.2. The van der Waals surface area contributed by atoms with Crippen LogP contribution in [0.15, 0.2) is 11.4 Å². The van der Waals surface area contributed by atoms with Crippen LogP contribution in [0.25, 0.3) is 0 Å². The Balaban J connectivity index is 2.38. The van der Waals surface area contributed by atoms with Crippen molar-refractivity contribution in [3.63, 3.8) is 0 Å². The van der Waals surface area contributed by atoms with E-state index in [0.717, 1.165) is 5.92 Å². The summed E-state index contributed by atoms with van der Waals surface area (Å²) in [6, 6.07) is 0. The van der Waals surface area contributed by atoms with Crippen LogP contribution >= 0.6 is 9.24 Å². The van der Waals surface area contributed by atoms with E-state index in [2.05, 4.69) is 22.2 Å². The highest BCUT2D eigenvalue weighted by Gasteiger charge is 2.11. The Bertz CT molecular complexity index is 73.7. The first-order valence-electron chi connectivity index (χ1n) is 1.78. The van der Waals surface area contributed by atoms with Gasteiger partial charge in [0.15, 0.2) is 0 Å². The van der Waals surface area contributed by atoms with Crippen molar-refractivity contribution in [3.8, 4) is 0 Å². The second kappa shape index (κ2) is 0.815. The lowest BCUT2D eigenvalue weighted by atomic mass is 10.5. The average molecular weight is 86.1 g/mol. The third-order valence-electron chi connectivity index (χ3n) is 0.859. The number of hydrogen-bond acceptors (Lipinski definition) is 0. The second-order valence-corrected chi connectivity index (χ2v) is 2.12. The summed E-state index contributed by atoms with van der Waals surface area (Å²) in [5, 5.41) is 1.46. The summed E-state index contributed by atoms with van der Waals surface area (Å²) in [7, 11) is 2.67. The van der Waals surface area contributed by atoms with Crippen LogP contribution < -0.4 is 0 Å². The Morgan fingerprint density at radius 1 is 2.00 bits per heavy atom. The third-order valence-corrected chi connectivity index (χ3v) is 1.58. The van der Waals surface area contributed by atoms with Gasteiger partial charge in [-0.2, -0.15) is 0 Å². The summed E-state index contributed by atoms with van der Waals surface area (Å²) in [4.78, 5) is 0. The molecule has 0 aromatic rings. The molecule has 1 rings (SSSR count). The molecule has 1 unspecified atom stereocenters. The van der Waals surface area contributed by atoms with Gasteiger partial charge in [-0.1, -0.05) is 13.0 Å². The molecule has 0 heterocycles. The maximum absolute atomic E-state index is 2.67. The van der Waals surface area contributed by atoms with Gasteiger partial charge < -0.3 is 0 Å². The molecule has 28 valence electrons. The summed E-state index contributed by atoms with van der Waals surface area (Å²) in [5.74, 6) is 0.806. The van der Waals surface area contributed by atoms with E-state index in [-0.39, 0.29) is 0 Å². The first kappa shape index (κ1) is 3.36. The molecule has 5 heavy (non-hydrogen) atoms. The van der Waals surface area contributed by atoms with E-state index in [0.29, 0.717) is 0 Å². The molecule has 1 aliphatic rings. The molecule has 0 bridgehead atoms. The average Bonchev–Trinajstić information content (AvgIpc) is 1.79. The Morgan fingerprint density at radius 2 is 2.20 bits per heavy atom. The van der Waals surface area contributed by atoms with E-state index in [1.165, 1.54) is 5.31 Å². The zero-order valence-corrected chi connectivity index (χ0v) is 4.39. The molecule has 1 heteroatoms. The summed E-state index contributed by atoms with van der Waals surface area (Å²) in [6.07, 6.45) is 2.21. The molecule has 0 aliphatic heterocycles. The van der Waals surface area contributed by atoms with Gasteiger partial charge in [-0.3, -0.25) is 0 Å². The molecule has 0 amide bonds. The fourth-order valence-corrected chi connectivity index (χ4v) is 0.529. The molecule has 0 saturated carbocycles. The molecule has 0 N–H and O–H groups in total. The summed E-state index contributed by atoms with van der Waals surface area (Å²) in [6.45, 7) is 2.18. The van der Waals surface area contributed by atoms with Crippen molar-refractivity contribution in [3.05, 3.63) is 11.4 Å². The molecule has 1 aliphatic carbocycles. The van der Waals surface area contributed by atoms with Crippen LogP contribution in [-0.2, 0) is 0 Å². The van der Waals surface area contributed by atoms with Crippen LogP contribution in [0, 0.1) is 5.92 Å². The van der Waals surface area contributed by atoms with Gasteiger partial charge in [-0.15, -0.1) is 9.24 Å². The molecule has 0 aromatic heterocycles. The number of allylic oxidation sites excluding steroid dienone is 2. The molecule has 0 fully saturated rings. The Morgan fingerprint density at radius 3 is 2.20 bits per heavy atom. The van der Waals surface area contributed by atoms with Crippen LogP contribution in [0.2, 0.25) is 0 Å². The predicted molar refractivity (Wildman–Crippen MR) is 27.0 cm³/mol. The Kier molecular flexibility index (Phi) is 0.548. The van der Waals surface area contributed by atoms with Crippen molar-refractivity contribution in [2.45, 2.75) is 6.92 Å². The molecule has 0 nitrogen and oxygen atoms in total. The van der Waals surface area contributed by atoms with Gasteiger partial charge in [0, 0.05) is 0 Å². The Hall–Kier alpha value is 0.170. The van der Waals surface area contributed by atoms with Gasteiger partial charge >= 0.3 is 0 Å². The Labute approximate surface area is 34.5 Å². The minimum Gasteiger partial charge on any atom is -0.110 e. The molecular formula is C4H7P. The third kappa shape index (κ3) is 0.516. The second-order valence-electron chi connectivity index (χ2n) is 1.46. The molecule has 0 radical (unpaired) electrons. The number of rotatable bonds is 0. The van der Waals surface area contributed by atoms with E-state index >= 15 is 0 Å². The summed E-state index contributed by atoms with van der Waals surface area (Å²) in [5.41, 5.74) is 0. The van der Waals surface area contributed by atoms with Gasteiger partial charge in [-0.05, 0) is 11.2 Å².